The molecule has 2 aromatic heterocycles. The van der Waals surface area contributed by atoms with E-state index in [1.54, 1.807) is 6.20 Å². The molecule has 1 fully saturated rings. The molecule has 4 nitrogen and oxygen atoms in total. The molecule has 114 valence electrons. The summed E-state index contributed by atoms with van der Waals surface area (Å²) in [4.78, 5) is 6.17. The van der Waals surface area contributed by atoms with Crippen LogP contribution in [0.15, 0.2) is 30.6 Å². The maximum atomic E-state index is 12.8. The molecule has 3 rings (SSSR count). The van der Waals surface area contributed by atoms with Gasteiger partial charge in [0, 0.05) is 25.8 Å². The number of halogens is 3. The van der Waals surface area contributed by atoms with Gasteiger partial charge in [0.15, 0.2) is 5.60 Å². The average Bonchev–Trinajstić information content (AvgIpc) is 2.84. The van der Waals surface area contributed by atoms with Crippen molar-refractivity contribution in [1.82, 2.24) is 14.3 Å². The number of nitrogens with zero attached hydrogens (tertiary/aromatic N) is 3. The predicted octanol–water partition coefficient (Wildman–Crippen LogP) is 2.22. The molecular formula is C14H16F3N3O. The molecule has 0 atom stereocenters. The zero-order valence-electron chi connectivity index (χ0n) is 11.3. The van der Waals surface area contributed by atoms with Crippen LogP contribution in [0.3, 0.4) is 0 Å². The summed E-state index contributed by atoms with van der Waals surface area (Å²) in [6.45, 7) is 0.964. The largest absolute Gasteiger partial charge is 0.417 e. The van der Waals surface area contributed by atoms with Crippen molar-refractivity contribution in [3.05, 3.63) is 36.3 Å². The van der Waals surface area contributed by atoms with E-state index in [2.05, 4.69) is 4.98 Å². The second kappa shape index (κ2) is 4.99. The Morgan fingerprint density at radius 3 is 2.62 bits per heavy atom. The zero-order chi connectivity index (χ0) is 15.1. The first kappa shape index (κ1) is 14.3. The Kier molecular flexibility index (Phi) is 3.41. The van der Waals surface area contributed by atoms with E-state index >= 15 is 0 Å². The topological polar surface area (TPSA) is 40.8 Å². The van der Waals surface area contributed by atoms with Crippen molar-refractivity contribution in [3.8, 4) is 0 Å². The van der Waals surface area contributed by atoms with Gasteiger partial charge < -0.3 is 9.51 Å². The molecular weight excluding hydrogens is 283 g/mol. The van der Waals surface area contributed by atoms with Crippen molar-refractivity contribution in [3.63, 3.8) is 0 Å². The van der Waals surface area contributed by atoms with Crippen molar-refractivity contribution in [2.45, 2.75) is 31.2 Å². The SMILES string of the molecule is OC1(C(F)(F)F)CCN(Cc2cnc3ccccn23)CC1. The van der Waals surface area contributed by atoms with E-state index in [9.17, 15) is 18.3 Å². The van der Waals surface area contributed by atoms with Crippen LogP contribution in [0.1, 0.15) is 18.5 Å². The lowest BCUT2D eigenvalue weighted by atomic mass is 9.91. The molecule has 0 aliphatic carbocycles. The molecule has 1 saturated heterocycles. The Morgan fingerprint density at radius 1 is 1.24 bits per heavy atom. The summed E-state index contributed by atoms with van der Waals surface area (Å²) in [5.74, 6) is 0. The van der Waals surface area contributed by atoms with Gasteiger partial charge in [0.1, 0.15) is 5.65 Å². The molecule has 0 spiro atoms. The third-order valence-electron chi connectivity index (χ3n) is 4.09. The molecule has 0 amide bonds. The molecule has 0 aromatic carbocycles. The van der Waals surface area contributed by atoms with Gasteiger partial charge in [0.2, 0.25) is 0 Å². The van der Waals surface area contributed by atoms with Crippen LogP contribution >= 0.6 is 0 Å². The molecule has 1 aliphatic rings. The minimum Gasteiger partial charge on any atom is -0.380 e. The number of hydrogen-bond acceptors (Lipinski definition) is 3. The Bertz CT molecular complexity index is 630. The number of pyridine rings is 1. The van der Waals surface area contributed by atoms with Crippen LogP contribution in [0.4, 0.5) is 13.2 Å². The molecule has 2 aromatic rings. The van der Waals surface area contributed by atoms with Gasteiger partial charge in [-0.25, -0.2) is 4.98 Å². The van der Waals surface area contributed by atoms with Crippen molar-refractivity contribution in [2.24, 2.45) is 0 Å². The van der Waals surface area contributed by atoms with Gasteiger partial charge in [0.25, 0.3) is 0 Å². The van der Waals surface area contributed by atoms with Gasteiger partial charge in [-0.1, -0.05) is 6.07 Å². The highest BCUT2D eigenvalue weighted by Gasteiger charge is 2.54. The molecule has 7 heteroatoms. The summed E-state index contributed by atoms with van der Waals surface area (Å²) in [5.41, 5.74) is -0.789. The fraction of sp³-hybridized carbons (Fsp3) is 0.500. The van der Waals surface area contributed by atoms with Gasteiger partial charge in [-0.15, -0.1) is 0 Å². The number of likely N-dealkylation sites (tertiary alicyclic amines) is 1. The summed E-state index contributed by atoms with van der Waals surface area (Å²) >= 11 is 0. The minimum atomic E-state index is -4.55. The third kappa shape index (κ3) is 2.63. The maximum absolute atomic E-state index is 12.8. The average molecular weight is 299 g/mol. The Hall–Kier alpha value is -1.60. The monoisotopic (exact) mass is 299 g/mol. The van der Waals surface area contributed by atoms with Gasteiger partial charge >= 0.3 is 6.18 Å². The maximum Gasteiger partial charge on any atom is 0.417 e. The number of hydrogen-bond donors (Lipinski definition) is 1. The molecule has 0 saturated carbocycles. The Balaban J connectivity index is 1.69. The fourth-order valence-electron chi connectivity index (χ4n) is 2.70. The van der Waals surface area contributed by atoms with E-state index in [-0.39, 0.29) is 25.9 Å². The lowest BCUT2D eigenvalue weighted by Crippen LogP contribution is -2.53. The van der Waals surface area contributed by atoms with E-state index < -0.39 is 11.8 Å². The van der Waals surface area contributed by atoms with Crippen molar-refractivity contribution in [2.75, 3.05) is 13.1 Å². The number of imidazole rings is 1. The first-order valence-electron chi connectivity index (χ1n) is 6.81. The molecule has 0 radical (unpaired) electrons. The van der Waals surface area contributed by atoms with E-state index in [0.29, 0.717) is 6.54 Å². The highest BCUT2D eigenvalue weighted by Crippen LogP contribution is 2.38. The third-order valence-corrected chi connectivity index (χ3v) is 4.09. The van der Waals surface area contributed by atoms with Crippen LogP contribution in [0.5, 0.6) is 0 Å². The van der Waals surface area contributed by atoms with Crippen LogP contribution in [-0.4, -0.2) is 44.3 Å². The van der Waals surface area contributed by atoms with Gasteiger partial charge in [-0.3, -0.25) is 4.90 Å². The standard InChI is InChI=1S/C14H16F3N3O/c15-14(16,17)13(21)4-7-19(8-5-13)10-11-9-18-12-3-1-2-6-20(11)12/h1-3,6,9,21H,4-5,7-8,10H2. The number of fused-ring (bicyclic) bond motifs is 1. The number of piperidine rings is 1. The van der Waals surface area contributed by atoms with Gasteiger partial charge in [0.05, 0.1) is 11.9 Å². The summed E-state index contributed by atoms with van der Waals surface area (Å²) < 4.78 is 40.2. The second-order valence-corrected chi connectivity index (χ2v) is 5.48. The van der Waals surface area contributed by atoms with Crippen LogP contribution in [0.2, 0.25) is 0 Å². The van der Waals surface area contributed by atoms with Crippen molar-refractivity contribution in [1.29, 1.82) is 0 Å². The first-order chi connectivity index (χ1) is 9.89. The second-order valence-electron chi connectivity index (χ2n) is 5.48. The predicted molar refractivity (Wildman–Crippen MR) is 70.7 cm³/mol. The van der Waals surface area contributed by atoms with E-state index in [4.69, 9.17) is 0 Å². The normalized spacial score (nSPS) is 20.0. The lowest BCUT2D eigenvalue weighted by Gasteiger charge is -2.38. The number of alkyl halides is 3. The van der Waals surface area contributed by atoms with E-state index in [0.717, 1.165) is 11.3 Å². The van der Waals surface area contributed by atoms with E-state index in [1.807, 2.05) is 33.7 Å². The van der Waals surface area contributed by atoms with Crippen molar-refractivity contribution < 1.29 is 18.3 Å². The van der Waals surface area contributed by atoms with Crippen LogP contribution in [0, 0.1) is 0 Å². The molecule has 1 N–H and O–H groups in total. The van der Waals surface area contributed by atoms with E-state index in [1.165, 1.54) is 0 Å². The summed E-state index contributed by atoms with van der Waals surface area (Å²) in [6.07, 6.45) is -1.50. The zero-order valence-corrected chi connectivity index (χ0v) is 11.3. The Morgan fingerprint density at radius 2 is 1.95 bits per heavy atom. The summed E-state index contributed by atoms with van der Waals surface area (Å²) in [5, 5.41) is 9.65. The number of aromatic nitrogens is 2. The van der Waals surface area contributed by atoms with Crippen molar-refractivity contribution >= 4 is 5.65 Å². The van der Waals surface area contributed by atoms with Crippen LogP contribution < -0.4 is 0 Å². The highest BCUT2D eigenvalue weighted by molar-refractivity contribution is 5.39. The van der Waals surface area contributed by atoms with Crippen LogP contribution in [-0.2, 0) is 6.54 Å². The fourth-order valence-corrected chi connectivity index (χ4v) is 2.70. The number of aliphatic hydroxyl groups is 1. The molecule has 21 heavy (non-hydrogen) atoms. The van der Waals surface area contributed by atoms with Gasteiger partial charge in [-0.05, 0) is 25.0 Å². The van der Waals surface area contributed by atoms with Gasteiger partial charge in [-0.2, -0.15) is 13.2 Å². The minimum absolute atomic E-state index is 0.218. The number of rotatable bonds is 2. The quantitative estimate of drug-likeness (QED) is 0.924. The smallest absolute Gasteiger partial charge is 0.380 e. The first-order valence-corrected chi connectivity index (χ1v) is 6.81. The summed E-state index contributed by atoms with van der Waals surface area (Å²) in [6, 6.07) is 5.65. The molecule has 1 aliphatic heterocycles. The molecule has 0 bridgehead atoms. The molecule has 0 unspecified atom stereocenters. The lowest BCUT2D eigenvalue weighted by molar-refractivity contribution is -0.272. The summed E-state index contributed by atoms with van der Waals surface area (Å²) in [7, 11) is 0. The molecule has 3 heterocycles. The highest BCUT2D eigenvalue weighted by atomic mass is 19.4. The van der Waals surface area contributed by atoms with Crippen LogP contribution in [0.25, 0.3) is 5.65 Å². The Labute approximate surface area is 119 Å².